The van der Waals surface area contributed by atoms with Crippen LogP contribution in [0.5, 0.6) is 0 Å². The van der Waals surface area contributed by atoms with Crippen LogP contribution in [0.25, 0.3) is 0 Å². The molecule has 0 amide bonds. The Morgan fingerprint density at radius 1 is 0.743 bits per heavy atom. The van der Waals surface area contributed by atoms with E-state index in [9.17, 15) is 9.46 Å². The van der Waals surface area contributed by atoms with Crippen LogP contribution in [-0.2, 0) is 29.7 Å². The first-order valence-electron chi connectivity index (χ1n) is 13.8. The first-order valence-corrected chi connectivity index (χ1v) is 15.3. The van der Waals surface area contributed by atoms with E-state index in [4.69, 9.17) is 14.0 Å². The van der Waals surface area contributed by atoms with Crippen LogP contribution in [0.3, 0.4) is 0 Å². The summed E-state index contributed by atoms with van der Waals surface area (Å²) < 4.78 is 32.8. The molecule has 2 atom stereocenters. The van der Waals surface area contributed by atoms with E-state index in [1.807, 2.05) is 30.3 Å². The van der Waals surface area contributed by atoms with Crippen LogP contribution in [-0.4, -0.2) is 38.4 Å². The number of hydrogen-bond donors (Lipinski definition) is 1. The molecule has 6 nitrogen and oxygen atoms in total. The normalized spacial score (nSPS) is 14.1. The average molecular weight is 515 g/mol. The van der Waals surface area contributed by atoms with Crippen molar-refractivity contribution in [2.75, 3.05) is 33.5 Å². The molecule has 1 N–H and O–H groups in total. The Labute approximate surface area is 214 Å². The lowest BCUT2D eigenvalue weighted by atomic mass is 10.0. The van der Waals surface area contributed by atoms with Gasteiger partial charge >= 0.3 is 7.82 Å². The van der Waals surface area contributed by atoms with E-state index >= 15 is 0 Å². The summed E-state index contributed by atoms with van der Waals surface area (Å²) >= 11 is 0. The standard InChI is InChI=1S/C28H51O6P/c1-3-4-5-6-7-8-9-10-11-12-13-14-15-19-22-32-24-28(26-34-35(29,30)31-2)25-33-23-27-20-17-16-18-21-27/h16-18,20-21,28H,3-15,19,22-26H2,1-2H3,(H,29,30)/t28-/m0/s1. The summed E-state index contributed by atoms with van der Waals surface area (Å²) in [6.07, 6.45) is 18.6. The molecular weight excluding hydrogens is 463 g/mol. The van der Waals surface area contributed by atoms with Crippen molar-refractivity contribution in [2.24, 2.45) is 5.92 Å². The zero-order valence-corrected chi connectivity index (χ0v) is 23.2. The maximum atomic E-state index is 11.6. The van der Waals surface area contributed by atoms with Crippen molar-refractivity contribution in [3.05, 3.63) is 35.9 Å². The largest absolute Gasteiger partial charge is 0.471 e. The topological polar surface area (TPSA) is 74.2 Å². The fourth-order valence-electron chi connectivity index (χ4n) is 3.96. The quantitative estimate of drug-likeness (QED) is 0.105. The van der Waals surface area contributed by atoms with Gasteiger partial charge in [0.2, 0.25) is 0 Å². The molecule has 35 heavy (non-hydrogen) atoms. The van der Waals surface area contributed by atoms with Crippen LogP contribution in [0.1, 0.15) is 102 Å². The Kier molecular flexibility index (Phi) is 20.7. The van der Waals surface area contributed by atoms with Gasteiger partial charge in [-0.25, -0.2) is 4.57 Å². The third kappa shape index (κ3) is 20.0. The van der Waals surface area contributed by atoms with E-state index in [1.165, 1.54) is 83.5 Å². The highest BCUT2D eigenvalue weighted by atomic mass is 31.2. The minimum absolute atomic E-state index is 0.0507. The number of phosphoric acid groups is 1. The first-order chi connectivity index (χ1) is 17.1. The van der Waals surface area contributed by atoms with Crippen LogP contribution >= 0.6 is 7.82 Å². The lowest BCUT2D eigenvalue weighted by Crippen LogP contribution is -2.22. The molecule has 1 aromatic rings. The Morgan fingerprint density at radius 3 is 1.80 bits per heavy atom. The predicted octanol–water partition coefficient (Wildman–Crippen LogP) is 8.08. The molecule has 7 heteroatoms. The van der Waals surface area contributed by atoms with Gasteiger partial charge in [-0.2, -0.15) is 0 Å². The molecule has 0 aliphatic heterocycles. The first kappa shape index (κ1) is 32.3. The molecule has 0 radical (unpaired) electrons. The summed E-state index contributed by atoms with van der Waals surface area (Å²) in [4.78, 5) is 9.52. The molecule has 1 unspecified atom stereocenters. The fraction of sp³-hybridized carbons (Fsp3) is 0.786. The number of unbranched alkanes of at least 4 members (excludes halogenated alkanes) is 13. The Bertz CT molecular complexity index is 627. The van der Waals surface area contributed by atoms with Crippen molar-refractivity contribution >= 4 is 7.82 Å². The maximum absolute atomic E-state index is 11.6. The minimum atomic E-state index is -4.00. The molecule has 1 rings (SSSR count). The van der Waals surface area contributed by atoms with Crippen LogP contribution in [0, 0.1) is 5.92 Å². The van der Waals surface area contributed by atoms with E-state index in [2.05, 4.69) is 11.4 Å². The van der Waals surface area contributed by atoms with Crippen molar-refractivity contribution in [1.82, 2.24) is 0 Å². The number of hydrogen-bond acceptors (Lipinski definition) is 5. The fourth-order valence-corrected chi connectivity index (χ4v) is 4.47. The predicted molar refractivity (Wildman–Crippen MR) is 144 cm³/mol. The molecule has 0 saturated heterocycles. The van der Waals surface area contributed by atoms with Gasteiger partial charge in [-0.1, -0.05) is 121 Å². The second-order valence-electron chi connectivity index (χ2n) is 9.48. The molecule has 0 saturated carbocycles. The highest BCUT2D eigenvalue weighted by Gasteiger charge is 2.21. The summed E-state index contributed by atoms with van der Waals surface area (Å²) in [6.45, 7) is 4.31. The maximum Gasteiger partial charge on any atom is 0.471 e. The van der Waals surface area contributed by atoms with Crippen molar-refractivity contribution in [3.63, 3.8) is 0 Å². The third-order valence-corrected chi connectivity index (χ3v) is 7.10. The van der Waals surface area contributed by atoms with Gasteiger partial charge in [0.1, 0.15) is 0 Å². The van der Waals surface area contributed by atoms with Crippen LogP contribution in [0.15, 0.2) is 30.3 Å². The van der Waals surface area contributed by atoms with Crippen molar-refractivity contribution in [2.45, 2.75) is 103 Å². The van der Waals surface area contributed by atoms with Gasteiger partial charge in [-0.3, -0.25) is 9.05 Å². The molecule has 0 bridgehead atoms. The van der Waals surface area contributed by atoms with Gasteiger partial charge < -0.3 is 14.4 Å². The lowest BCUT2D eigenvalue weighted by molar-refractivity contribution is 0.00838. The Hall–Kier alpha value is -0.750. The number of phosphoric ester groups is 1. The molecule has 0 fully saturated rings. The summed E-state index contributed by atoms with van der Waals surface area (Å²) in [7, 11) is -2.84. The molecule has 204 valence electrons. The molecule has 1 aromatic carbocycles. The number of benzene rings is 1. The van der Waals surface area contributed by atoms with E-state index in [1.54, 1.807) is 0 Å². The summed E-state index contributed by atoms with van der Waals surface area (Å²) in [5, 5.41) is 0. The SMILES string of the molecule is CCCCCCCCCCCCCCCCOC[C@@H](COCc1ccccc1)COP(=O)(O)OC. The van der Waals surface area contributed by atoms with Crippen molar-refractivity contribution < 1.29 is 28.0 Å². The van der Waals surface area contributed by atoms with Gasteiger partial charge in [-0.05, 0) is 12.0 Å². The summed E-state index contributed by atoms with van der Waals surface area (Å²) in [6, 6.07) is 9.92. The average Bonchev–Trinajstić information content (AvgIpc) is 2.87. The minimum Gasteiger partial charge on any atom is -0.381 e. The second-order valence-corrected chi connectivity index (χ2v) is 11.0. The van der Waals surface area contributed by atoms with Crippen molar-refractivity contribution in [3.8, 4) is 0 Å². The molecule has 0 aromatic heterocycles. The monoisotopic (exact) mass is 514 g/mol. The lowest BCUT2D eigenvalue weighted by Gasteiger charge is -2.19. The summed E-state index contributed by atoms with van der Waals surface area (Å²) in [5.41, 5.74) is 1.08. The van der Waals surface area contributed by atoms with Gasteiger partial charge in [0, 0.05) is 19.6 Å². The van der Waals surface area contributed by atoms with Gasteiger partial charge in [0.15, 0.2) is 0 Å². The smallest absolute Gasteiger partial charge is 0.381 e. The molecule has 0 spiro atoms. The molecular formula is C28H51O6P. The molecule has 0 aliphatic rings. The second kappa shape index (κ2) is 22.4. The zero-order valence-electron chi connectivity index (χ0n) is 22.3. The Balaban J connectivity index is 2.05. The van der Waals surface area contributed by atoms with Crippen molar-refractivity contribution in [1.29, 1.82) is 0 Å². The number of rotatable bonds is 25. The van der Waals surface area contributed by atoms with E-state index in [0.29, 0.717) is 26.4 Å². The van der Waals surface area contributed by atoms with Crippen LogP contribution < -0.4 is 0 Å². The third-order valence-electron chi connectivity index (χ3n) is 6.16. The van der Waals surface area contributed by atoms with Crippen LogP contribution in [0.2, 0.25) is 0 Å². The van der Waals surface area contributed by atoms with Gasteiger partial charge in [0.25, 0.3) is 0 Å². The zero-order chi connectivity index (χ0) is 25.5. The van der Waals surface area contributed by atoms with E-state index in [-0.39, 0.29) is 12.5 Å². The summed E-state index contributed by atoms with van der Waals surface area (Å²) in [5.74, 6) is -0.138. The van der Waals surface area contributed by atoms with E-state index in [0.717, 1.165) is 19.1 Å². The Morgan fingerprint density at radius 2 is 1.26 bits per heavy atom. The van der Waals surface area contributed by atoms with Crippen LogP contribution in [0.4, 0.5) is 0 Å². The van der Waals surface area contributed by atoms with Gasteiger partial charge in [-0.15, -0.1) is 0 Å². The molecule has 0 heterocycles. The van der Waals surface area contributed by atoms with Gasteiger partial charge in [0.05, 0.1) is 26.4 Å². The highest BCUT2D eigenvalue weighted by molar-refractivity contribution is 7.47. The number of ether oxygens (including phenoxy) is 2. The van der Waals surface area contributed by atoms with E-state index < -0.39 is 7.82 Å². The molecule has 0 aliphatic carbocycles. The highest BCUT2D eigenvalue weighted by Crippen LogP contribution is 2.42.